The van der Waals surface area contributed by atoms with Crippen LogP contribution in [0.25, 0.3) is 0 Å². The van der Waals surface area contributed by atoms with Crippen molar-refractivity contribution in [1.29, 1.82) is 0 Å². The first-order valence-corrected chi connectivity index (χ1v) is 12.0. The lowest BCUT2D eigenvalue weighted by Crippen LogP contribution is -2.40. The van der Waals surface area contributed by atoms with Gasteiger partial charge in [-0.3, -0.25) is 9.52 Å². The van der Waals surface area contributed by atoms with Gasteiger partial charge < -0.3 is 14.7 Å². The highest BCUT2D eigenvalue weighted by Gasteiger charge is 2.30. The molecule has 1 aromatic heterocycles. The first-order valence-electron chi connectivity index (χ1n) is 10.5. The largest absolute Gasteiger partial charge is 0.478 e. The quantitative estimate of drug-likeness (QED) is 0.575. The summed E-state index contributed by atoms with van der Waals surface area (Å²) in [5.74, 6) is -1.72. The summed E-state index contributed by atoms with van der Waals surface area (Å²) < 4.78 is 32.9. The van der Waals surface area contributed by atoms with Crippen LogP contribution in [-0.2, 0) is 26.0 Å². The van der Waals surface area contributed by atoms with Crippen molar-refractivity contribution in [1.82, 2.24) is 4.98 Å². The number of carboxylic acid groups (broad SMARTS) is 1. The first-order chi connectivity index (χ1) is 15.2. The summed E-state index contributed by atoms with van der Waals surface area (Å²) in [6.45, 7) is 4.82. The zero-order valence-electron chi connectivity index (χ0n) is 18.1. The molecular weight excluding hydrogens is 434 g/mol. The lowest BCUT2D eigenvalue weighted by molar-refractivity contribution is -0.148. The van der Waals surface area contributed by atoms with E-state index < -0.39 is 16.0 Å². The maximum atomic E-state index is 12.7. The van der Waals surface area contributed by atoms with Crippen LogP contribution in [0.4, 0.5) is 11.5 Å². The Labute approximate surface area is 187 Å². The van der Waals surface area contributed by atoms with Crippen LogP contribution >= 0.6 is 0 Å². The molecule has 10 heteroatoms. The van der Waals surface area contributed by atoms with Gasteiger partial charge in [0.1, 0.15) is 11.4 Å². The zero-order chi connectivity index (χ0) is 23.3. The van der Waals surface area contributed by atoms with Gasteiger partial charge in [0.15, 0.2) is 0 Å². The second kappa shape index (κ2) is 9.99. The van der Waals surface area contributed by atoms with Crippen molar-refractivity contribution in [2.24, 2.45) is 5.92 Å². The number of benzene rings is 1. The van der Waals surface area contributed by atoms with Gasteiger partial charge in [0.2, 0.25) is 0 Å². The van der Waals surface area contributed by atoms with Crippen molar-refractivity contribution in [2.75, 3.05) is 29.3 Å². The summed E-state index contributed by atoms with van der Waals surface area (Å²) in [5.41, 5.74) is 0.909. The molecule has 2 aromatic rings. The Kier molecular flexibility index (Phi) is 7.34. The third-order valence-electron chi connectivity index (χ3n) is 5.33. The minimum atomic E-state index is -3.90. The highest BCUT2D eigenvalue weighted by atomic mass is 32.2. The SMILES string of the molecule is CCOC(=O)C1CCCN(c2ncc(NS(=O)(=O)c3ccc(CC)cc3)cc2C(=O)O)C1. The summed E-state index contributed by atoms with van der Waals surface area (Å²) in [7, 11) is -3.90. The van der Waals surface area contributed by atoms with E-state index in [0.717, 1.165) is 12.0 Å². The third kappa shape index (κ3) is 5.37. The number of carboxylic acids is 1. The van der Waals surface area contributed by atoms with Crippen LogP contribution in [0.1, 0.15) is 42.6 Å². The molecule has 0 saturated carbocycles. The average molecular weight is 462 g/mol. The van der Waals surface area contributed by atoms with Crippen molar-refractivity contribution in [3.8, 4) is 0 Å². The second-order valence-electron chi connectivity index (χ2n) is 7.54. The molecular formula is C22H27N3O6S. The van der Waals surface area contributed by atoms with Gasteiger partial charge in [-0.25, -0.2) is 18.2 Å². The lowest BCUT2D eigenvalue weighted by Gasteiger charge is -2.33. The number of aromatic nitrogens is 1. The topological polar surface area (TPSA) is 126 Å². The number of piperidine rings is 1. The second-order valence-corrected chi connectivity index (χ2v) is 9.22. The number of carbonyl (C=O) groups is 2. The van der Waals surface area contributed by atoms with E-state index in [2.05, 4.69) is 9.71 Å². The van der Waals surface area contributed by atoms with Gasteiger partial charge in [-0.15, -0.1) is 0 Å². The Bertz CT molecular complexity index is 1090. The van der Waals surface area contributed by atoms with Crippen LogP contribution in [-0.4, -0.2) is 50.1 Å². The molecule has 1 atom stereocenters. The fourth-order valence-corrected chi connectivity index (χ4v) is 4.70. The molecule has 0 amide bonds. The molecule has 0 spiro atoms. The molecule has 9 nitrogen and oxygen atoms in total. The number of carbonyl (C=O) groups excluding carboxylic acids is 1. The van der Waals surface area contributed by atoms with E-state index >= 15 is 0 Å². The van der Waals surface area contributed by atoms with Crippen molar-refractivity contribution >= 4 is 33.5 Å². The van der Waals surface area contributed by atoms with Gasteiger partial charge in [0.25, 0.3) is 10.0 Å². The first kappa shape index (κ1) is 23.5. The number of hydrogen-bond donors (Lipinski definition) is 2. The van der Waals surface area contributed by atoms with Crippen molar-refractivity contribution in [3.05, 3.63) is 47.7 Å². The molecule has 1 fully saturated rings. The number of hydrogen-bond acceptors (Lipinski definition) is 7. The number of esters is 1. The Morgan fingerprint density at radius 2 is 1.97 bits per heavy atom. The fraction of sp³-hybridized carbons (Fsp3) is 0.409. The van der Waals surface area contributed by atoms with Crippen LogP contribution < -0.4 is 9.62 Å². The summed E-state index contributed by atoms with van der Waals surface area (Å²) in [6.07, 6.45) is 3.42. The fourth-order valence-electron chi connectivity index (χ4n) is 3.66. The van der Waals surface area contributed by atoms with Gasteiger partial charge in [0.05, 0.1) is 29.3 Å². The van der Waals surface area contributed by atoms with Crippen LogP contribution in [0, 0.1) is 5.92 Å². The molecule has 32 heavy (non-hydrogen) atoms. The third-order valence-corrected chi connectivity index (χ3v) is 6.73. The smallest absolute Gasteiger partial charge is 0.339 e. The molecule has 2 heterocycles. The van der Waals surface area contributed by atoms with Crippen LogP contribution in [0.3, 0.4) is 0 Å². The maximum Gasteiger partial charge on any atom is 0.339 e. The average Bonchev–Trinajstić information content (AvgIpc) is 2.79. The van der Waals surface area contributed by atoms with Gasteiger partial charge in [-0.05, 0) is 49.9 Å². The predicted octanol–water partition coefficient (Wildman–Crippen LogP) is 2.92. The van der Waals surface area contributed by atoms with E-state index in [4.69, 9.17) is 4.74 Å². The van der Waals surface area contributed by atoms with Crippen molar-refractivity contribution in [3.63, 3.8) is 0 Å². The predicted molar refractivity (Wildman–Crippen MR) is 119 cm³/mol. The number of aromatic carboxylic acids is 1. The van der Waals surface area contributed by atoms with Gasteiger partial charge in [-0.2, -0.15) is 0 Å². The molecule has 1 aliphatic rings. The minimum Gasteiger partial charge on any atom is -0.478 e. The number of rotatable bonds is 8. The standard InChI is InChI=1S/C22H27N3O6S/c1-3-15-7-9-18(10-8-15)32(29,30)24-17-12-19(21(26)27)20(23-13-17)25-11-5-6-16(14-25)22(28)31-4-2/h7-10,12-13,16,24H,3-6,11,14H2,1-2H3,(H,26,27). The molecule has 0 aliphatic carbocycles. The lowest BCUT2D eigenvalue weighted by atomic mass is 9.98. The number of nitrogens with zero attached hydrogens (tertiary/aromatic N) is 2. The minimum absolute atomic E-state index is 0.0460. The Balaban J connectivity index is 1.84. The van der Waals surface area contributed by atoms with Crippen LogP contribution in [0.5, 0.6) is 0 Å². The summed E-state index contributed by atoms with van der Waals surface area (Å²) in [4.78, 5) is 30.1. The highest BCUT2D eigenvalue weighted by molar-refractivity contribution is 7.92. The van der Waals surface area contributed by atoms with E-state index in [0.29, 0.717) is 25.9 Å². The Morgan fingerprint density at radius 3 is 2.59 bits per heavy atom. The van der Waals surface area contributed by atoms with Crippen LogP contribution in [0.2, 0.25) is 0 Å². The van der Waals surface area contributed by atoms with Crippen molar-refractivity contribution in [2.45, 2.75) is 38.0 Å². The number of anilines is 2. The molecule has 3 rings (SSSR count). The normalized spacial score (nSPS) is 16.4. The van der Waals surface area contributed by atoms with Gasteiger partial charge in [0, 0.05) is 13.1 Å². The molecule has 1 saturated heterocycles. The Morgan fingerprint density at radius 1 is 1.25 bits per heavy atom. The zero-order valence-corrected chi connectivity index (χ0v) is 18.9. The van der Waals surface area contributed by atoms with E-state index in [1.165, 1.54) is 24.4 Å². The Hall–Kier alpha value is -3.14. The van der Waals surface area contributed by atoms with E-state index in [1.807, 2.05) is 6.92 Å². The maximum absolute atomic E-state index is 12.7. The van der Waals surface area contributed by atoms with E-state index in [9.17, 15) is 23.1 Å². The number of nitrogens with one attached hydrogen (secondary N) is 1. The summed E-state index contributed by atoms with van der Waals surface area (Å²) in [5, 5.41) is 9.72. The molecule has 172 valence electrons. The number of pyridine rings is 1. The van der Waals surface area contributed by atoms with Crippen molar-refractivity contribution < 1.29 is 27.9 Å². The molecule has 1 unspecified atom stereocenters. The summed E-state index contributed by atoms with van der Waals surface area (Å²) in [6, 6.07) is 7.72. The van der Waals surface area contributed by atoms with E-state index in [1.54, 1.807) is 24.0 Å². The number of ether oxygens (including phenoxy) is 1. The van der Waals surface area contributed by atoms with E-state index in [-0.39, 0.29) is 40.5 Å². The molecule has 0 bridgehead atoms. The van der Waals surface area contributed by atoms with Gasteiger partial charge in [-0.1, -0.05) is 19.1 Å². The molecule has 2 N–H and O–H groups in total. The van der Waals surface area contributed by atoms with Gasteiger partial charge >= 0.3 is 11.9 Å². The van der Waals surface area contributed by atoms with Crippen LogP contribution in [0.15, 0.2) is 41.4 Å². The highest BCUT2D eigenvalue weighted by Crippen LogP contribution is 2.28. The monoisotopic (exact) mass is 461 g/mol. The molecule has 0 radical (unpaired) electrons. The number of aryl methyl sites for hydroxylation is 1. The summed E-state index contributed by atoms with van der Waals surface area (Å²) >= 11 is 0. The molecule has 1 aliphatic heterocycles. The molecule has 1 aromatic carbocycles. The number of sulfonamides is 1.